The predicted octanol–water partition coefficient (Wildman–Crippen LogP) is 7.20. The molecule has 0 unspecified atom stereocenters. The fourth-order valence-electron chi connectivity index (χ4n) is 2.04. The van der Waals surface area contributed by atoms with Crippen molar-refractivity contribution >= 4 is 35.3 Å². The summed E-state index contributed by atoms with van der Waals surface area (Å²) in [5.41, 5.74) is 0. The molecule has 0 amide bonds. The molecule has 0 aliphatic carbocycles. The molecule has 3 aromatic rings. The molecule has 0 atom stereocenters. The van der Waals surface area contributed by atoms with E-state index in [1.807, 2.05) is 35.3 Å². The third kappa shape index (κ3) is 5.82. The van der Waals surface area contributed by atoms with Crippen LogP contribution in [0.15, 0.2) is 116 Å². The maximum Gasteiger partial charge on any atom is 0.0467 e. The minimum absolute atomic E-state index is 0.971. The van der Waals surface area contributed by atoms with Crippen molar-refractivity contribution in [2.24, 2.45) is 0 Å². The van der Waals surface area contributed by atoms with Crippen LogP contribution in [-0.2, 0) is 0 Å². The third-order valence-electron chi connectivity index (χ3n) is 3.17. The van der Waals surface area contributed by atoms with E-state index < -0.39 is 0 Å². The first-order valence-corrected chi connectivity index (χ1v) is 10.4. The van der Waals surface area contributed by atoms with Crippen LogP contribution in [-0.4, -0.2) is 5.75 Å². The van der Waals surface area contributed by atoms with Gasteiger partial charge in [-0.25, -0.2) is 0 Å². The van der Waals surface area contributed by atoms with Crippen LogP contribution in [0, 0.1) is 0 Å². The second-order valence-electron chi connectivity index (χ2n) is 4.98. The van der Waals surface area contributed by atoms with Gasteiger partial charge in [-0.05, 0) is 36.4 Å². The molecule has 120 valence electrons. The van der Waals surface area contributed by atoms with E-state index in [4.69, 9.17) is 0 Å². The van der Waals surface area contributed by atoms with E-state index in [9.17, 15) is 0 Å². The average Bonchev–Trinajstić information content (AvgIpc) is 2.64. The molecule has 0 bridgehead atoms. The molecule has 3 aromatic carbocycles. The summed E-state index contributed by atoms with van der Waals surface area (Å²) in [7, 11) is 0. The zero-order valence-electron chi connectivity index (χ0n) is 13.2. The number of thioether (sulfide) groups is 3. The number of hydrogen-bond acceptors (Lipinski definition) is 3. The molecule has 3 heteroatoms. The fourth-order valence-corrected chi connectivity index (χ4v) is 5.17. The first-order chi connectivity index (χ1) is 11.9. The van der Waals surface area contributed by atoms with Gasteiger partial charge in [0.05, 0.1) is 0 Å². The van der Waals surface area contributed by atoms with Crippen LogP contribution in [0.1, 0.15) is 0 Å². The van der Waals surface area contributed by atoms with Gasteiger partial charge in [-0.1, -0.05) is 84.2 Å². The minimum atomic E-state index is 0.971. The lowest BCUT2D eigenvalue weighted by Crippen LogP contribution is -1.79. The molecule has 0 N–H and O–H groups in total. The zero-order valence-corrected chi connectivity index (χ0v) is 15.6. The van der Waals surface area contributed by atoms with Gasteiger partial charge in [-0.15, -0.1) is 11.8 Å². The Labute approximate surface area is 156 Å². The van der Waals surface area contributed by atoms with E-state index in [0.29, 0.717) is 0 Å². The van der Waals surface area contributed by atoms with Crippen molar-refractivity contribution in [1.82, 2.24) is 0 Å². The third-order valence-corrected chi connectivity index (χ3v) is 6.36. The second kappa shape index (κ2) is 9.67. The second-order valence-corrected chi connectivity index (χ2v) is 8.56. The lowest BCUT2D eigenvalue weighted by molar-refractivity contribution is 1.45. The topological polar surface area (TPSA) is 0 Å². The molecule has 0 fully saturated rings. The van der Waals surface area contributed by atoms with Gasteiger partial charge in [0, 0.05) is 24.7 Å². The first kappa shape index (κ1) is 17.3. The summed E-state index contributed by atoms with van der Waals surface area (Å²) in [5, 5.41) is 0. The van der Waals surface area contributed by atoms with E-state index in [-0.39, 0.29) is 0 Å². The summed E-state index contributed by atoms with van der Waals surface area (Å²) in [5.74, 6) is 0.971. The van der Waals surface area contributed by atoms with Crippen molar-refractivity contribution in [2.75, 3.05) is 5.75 Å². The number of hydrogen-bond donors (Lipinski definition) is 0. The molecular weight excluding hydrogens is 348 g/mol. The molecule has 24 heavy (non-hydrogen) atoms. The smallest absolute Gasteiger partial charge is 0.0467 e. The standard InChI is InChI=1S/C21H18S3/c1-4-10-18(11-5-1)22-17-16-21(23-19-12-6-2-7-13-19)24-20-14-8-3-9-15-20/h1-16H,17H2. The summed E-state index contributed by atoms with van der Waals surface area (Å²) in [6.07, 6.45) is 2.33. The van der Waals surface area contributed by atoms with E-state index in [0.717, 1.165) is 5.75 Å². The predicted molar refractivity (Wildman–Crippen MR) is 110 cm³/mol. The molecule has 0 aromatic heterocycles. The zero-order chi connectivity index (χ0) is 16.5. The summed E-state index contributed by atoms with van der Waals surface area (Å²) >= 11 is 5.53. The van der Waals surface area contributed by atoms with Crippen LogP contribution in [0.2, 0.25) is 0 Å². The molecule has 3 rings (SSSR count). The average molecular weight is 367 g/mol. The van der Waals surface area contributed by atoms with Gasteiger partial charge in [0.15, 0.2) is 0 Å². The van der Waals surface area contributed by atoms with Crippen molar-refractivity contribution < 1.29 is 0 Å². The Bertz CT molecular complexity index is 709. The van der Waals surface area contributed by atoms with E-state index in [1.54, 1.807) is 0 Å². The van der Waals surface area contributed by atoms with Crippen LogP contribution in [0.25, 0.3) is 0 Å². The Kier molecular flexibility index (Phi) is 6.97. The Morgan fingerprint density at radius 1 is 0.583 bits per heavy atom. The molecule has 0 aliphatic rings. The Balaban J connectivity index is 1.69. The lowest BCUT2D eigenvalue weighted by atomic mass is 10.4. The SMILES string of the molecule is C(CSc1ccccc1)=C(Sc1ccccc1)Sc1ccccc1. The Morgan fingerprint density at radius 3 is 1.46 bits per heavy atom. The van der Waals surface area contributed by atoms with Crippen molar-refractivity contribution in [1.29, 1.82) is 0 Å². The maximum atomic E-state index is 2.33. The normalized spacial score (nSPS) is 10.3. The van der Waals surface area contributed by atoms with Gasteiger partial charge in [-0.2, -0.15) is 0 Å². The highest BCUT2D eigenvalue weighted by molar-refractivity contribution is 8.22. The van der Waals surface area contributed by atoms with E-state index >= 15 is 0 Å². The molecular formula is C21H18S3. The monoisotopic (exact) mass is 366 g/mol. The molecule has 0 aliphatic heterocycles. The number of benzene rings is 3. The van der Waals surface area contributed by atoms with E-state index in [1.165, 1.54) is 18.9 Å². The highest BCUT2D eigenvalue weighted by atomic mass is 32.2. The molecule has 0 saturated heterocycles. The largest absolute Gasteiger partial charge is 0.122 e. The van der Waals surface area contributed by atoms with Gasteiger partial charge >= 0.3 is 0 Å². The summed E-state index contributed by atoms with van der Waals surface area (Å²) in [6.45, 7) is 0. The van der Waals surface area contributed by atoms with Crippen LogP contribution in [0.5, 0.6) is 0 Å². The van der Waals surface area contributed by atoms with Crippen molar-refractivity contribution in [3.8, 4) is 0 Å². The summed E-state index contributed by atoms with van der Waals surface area (Å²) in [4.78, 5) is 3.86. The fraction of sp³-hybridized carbons (Fsp3) is 0.0476. The van der Waals surface area contributed by atoms with E-state index in [2.05, 4.69) is 97.1 Å². The maximum absolute atomic E-state index is 2.33. The lowest BCUT2D eigenvalue weighted by Gasteiger charge is -2.07. The highest BCUT2D eigenvalue weighted by Gasteiger charge is 2.04. The van der Waals surface area contributed by atoms with Gasteiger partial charge < -0.3 is 0 Å². The molecule has 0 spiro atoms. The quantitative estimate of drug-likeness (QED) is 0.406. The van der Waals surface area contributed by atoms with Crippen molar-refractivity contribution in [3.05, 3.63) is 101 Å². The van der Waals surface area contributed by atoms with Crippen LogP contribution in [0.4, 0.5) is 0 Å². The molecule has 0 radical (unpaired) electrons. The van der Waals surface area contributed by atoms with Gasteiger partial charge in [-0.3, -0.25) is 0 Å². The number of rotatable bonds is 7. The minimum Gasteiger partial charge on any atom is -0.122 e. The van der Waals surface area contributed by atoms with Gasteiger partial charge in [0.2, 0.25) is 0 Å². The van der Waals surface area contributed by atoms with Gasteiger partial charge in [0.25, 0.3) is 0 Å². The summed E-state index contributed by atoms with van der Waals surface area (Å²) in [6, 6.07) is 31.7. The van der Waals surface area contributed by atoms with Gasteiger partial charge in [0.1, 0.15) is 0 Å². The molecule has 0 nitrogen and oxygen atoms in total. The van der Waals surface area contributed by atoms with Crippen LogP contribution in [0.3, 0.4) is 0 Å². The molecule has 0 saturated carbocycles. The highest BCUT2D eigenvalue weighted by Crippen LogP contribution is 2.39. The Morgan fingerprint density at radius 2 is 1.00 bits per heavy atom. The summed E-state index contributed by atoms with van der Waals surface area (Å²) < 4.78 is 1.32. The van der Waals surface area contributed by atoms with Crippen molar-refractivity contribution in [2.45, 2.75) is 14.7 Å². The molecule has 0 heterocycles. The van der Waals surface area contributed by atoms with Crippen molar-refractivity contribution in [3.63, 3.8) is 0 Å². The Hall–Kier alpha value is -1.55. The first-order valence-electron chi connectivity index (χ1n) is 7.74. The van der Waals surface area contributed by atoms with Crippen LogP contribution >= 0.6 is 35.3 Å². The van der Waals surface area contributed by atoms with Crippen LogP contribution < -0.4 is 0 Å².